The lowest BCUT2D eigenvalue weighted by molar-refractivity contribution is -0.143. The van der Waals surface area contributed by atoms with Crippen LogP contribution in [0.4, 0.5) is 5.69 Å². The fraction of sp³-hybridized carbons (Fsp3) is 0.429. The molecular formula is C14H18N2O3. The lowest BCUT2D eigenvalue weighted by atomic mass is 9.97. The minimum absolute atomic E-state index is 0.129. The highest BCUT2D eigenvalue weighted by Gasteiger charge is 2.29. The van der Waals surface area contributed by atoms with Crippen LogP contribution in [0.1, 0.15) is 28.8 Å². The van der Waals surface area contributed by atoms with Crippen molar-refractivity contribution in [3.05, 3.63) is 29.3 Å². The van der Waals surface area contributed by atoms with Crippen LogP contribution in [0.15, 0.2) is 18.2 Å². The highest BCUT2D eigenvalue weighted by Crippen LogP contribution is 2.21. The number of piperidine rings is 1. The van der Waals surface area contributed by atoms with E-state index in [1.54, 1.807) is 23.1 Å². The van der Waals surface area contributed by atoms with Gasteiger partial charge < -0.3 is 15.7 Å². The molecule has 0 aliphatic carbocycles. The summed E-state index contributed by atoms with van der Waals surface area (Å²) >= 11 is 0. The summed E-state index contributed by atoms with van der Waals surface area (Å²) in [7, 11) is 0. The van der Waals surface area contributed by atoms with Crippen LogP contribution in [0.3, 0.4) is 0 Å². The number of hydrogen-bond donors (Lipinski definition) is 2. The van der Waals surface area contributed by atoms with Crippen molar-refractivity contribution in [3.8, 4) is 0 Å². The van der Waals surface area contributed by atoms with Gasteiger partial charge in [0.15, 0.2) is 0 Å². The predicted molar refractivity (Wildman–Crippen MR) is 71.9 cm³/mol. The van der Waals surface area contributed by atoms with Gasteiger partial charge in [0.1, 0.15) is 0 Å². The van der Waals surface area contributed by atoms with Crippen molar-refractivity contribution >= 4 is 17.6 Å². The molecule has 1 aliphatic heterocycles. The van der Waals surface area contributed by atoms with Crippen molar-refractivity contribution in [2.24, 2.45) is 5.92 Å². The number of carbonyl (C=O) groups excluding carboxylic acids is 1. The topological polar surface area (TPSA) is 83.6 Å². The summed E-state index contributed by atoms with van der Waals surface area (Å²) < 4.78 is 0. The zero-order valence-electron chi connectivity index (χ0n) is 10.9. The Morgan fingerprint density at radius 2 is 2.16 bits per heavy atom. The molecule has 0 saturated carbocycles. The number of amides is 1. The Morgan fingerprint density at radius 1 is 1.42 bits per heavy atom. The van der Waals surface area contributed by atoms with Gasteiger partial charge in [-0.2, -0.15) is 0 Å². The van der Waals surface area contributed by atoms with Gasteiger partial charge in [0.05, 0.1) is 5.92 Å². The van der Waals surface area contributed by atoms with Crippen LogP contribution in [0.25, 0.3) is 0 Å². The standard InChI is InChI=1S/C14H18N2O3/c1-9-4-5-11(15)7-12(9)13(17)16-6-2-3-10(8-16)14(18)19/h4-5,7,10H,2-3,6,8,15H2,1H3,(H,18,19). The molecule has 1 aromatic carbocycles. The Hall–Kier alpha value is -2.04. The number of carbonyl (C=O) groups is 2. The zero-order chi connectivity index (χ0) is 14.0. The van der Waals surface area contributed by atoms with Crippen LogP contribution in [0, 0.1) is 12.8 Å². The van der Waals surface area contributed by atoms with Crippen molar-refractivity contribution in [1.82, 2.24) is 4.90 Å². The lowest BCUT2D eigenvalue weighted by Gasteiger charge is -2.31. The normalized spacial score (nSPS) is 19.2. The molecule has 1 amide bonds. The van der Waals surface area contributed by atoms with Crippen LogP contribution >= 0.6 is 0 Å². The number of anilines is 1. The van der Waals surface area contributed by atoms with Gasteiger partial charge in [0.25, 0.3) is 5.91 Å². The van der Waals surface area contributed by atoms with Gasteiger partial charge >= 0.3 is 5.97 Å². The fourth-order valence-electron chi connectivity index (χ4n) is 2.40. The molecule has 2 rings (SSSR count). The second-order valence-electron chi connectivity index (χ2n) is 5.00. The van der Waals surface area contributed by atoms with Crippen LogP contribution in [0.2, 0.25) is 0 Å². The van der Waals surface area contributed by atoms with Crippen LogP contribution < -0.4 is 5.73 Å². The molecule has 0 aromatic heterocycles. The second-order valence-corrected chi connectivity index (χ2v) is 5.00. The third-order valence-electron chi connectivity index (χ3n) is 3.55. The highest BCUT2D eigenvalue weighted by molar-refractivity contribution is 5.96. The molecule has 1 fully saturated rings. The third-order valence-corrected chi connectivity index (χ3v) is 3.55. The number of carboxylic acids is 1. The van der Waals surface area contributed by atoms with Crippen molar-refractivity contribution in [3.63, 3.8) is 0 Å². The lowest BCUT2D eigenvalue weighted by Crippen LogP contribution is -2.42. The number of aryl methyl sites for hydroxylation is 1. The minimum atomic E-state index is -0.832. The maximum absolute atomic E-state index is 12.4. The molecule has 0 spiro atoms. The first kappa shape index (κ1) is 13.4. The van der Waals surface area contributed by atoms with E-state index in [2.05, 4.69) is 0 Å². The summed E-state index contributed by atoms with van der Waals surface area (Å²) in [5, 5.41) is 9.05. The zero-order valence-corrected chi connectivity index (χ0v) is 10.9. The number of aliphatic carboxylic acids is 1. The molecule has 102 valence electrons. The average Bonchev–Trinajstić information content (AvgIpc) is 2.41. The number of carboxylic acid groups (broad SMARTS) is 1. The predicted octanol–water partition coefficient (Wildman–Crippen LogP) is 1.51. The van der Waals surface area contributed by atoms with Gasteiger partial charge in [0, 0.05) is 24.3 Å². The molecule has 19 heavy (non-hydrogen) atoms. The molecule has 1 heterocycles. The Labute approximate surface area is 112 Å². The Balaban J connectivity index is 2.19. The van der Waals surface area contributed by atoms with Crippen molar-refractivity contribution in [2.45, 2.75) is 19.8 Å². The Kier molecular flexibility index (Phi) is 3.74. The Bertz CT molecular complexity index is 513. The van der Waals surface area contributed by atoms with Gasteiger partial charge in [-0.25, -0.2) is 0 Å². The molecule has 0 radical (unpaired) electrons. The first-order valence-electron chi connectivity index (χ1n) is 6.37. The van der Waals surface area contributed by atoms with Gasteiger partial charge in [0.2, 0.25) is 0 Å². The monoisotopic (exact) mass is 262 g/mol. The van der Waals surface area contributed by atoms with E-state index in [-0.39, 0.29) is 12.5 Å². The van der Waals surface area contributed by atoms with Crippen molar-refractivity contribution in [1.29, 1.82) is 0 Å². The molecule has 3 N–H and O–H groups in total. The second kappa shape index (κ2) is 5.30. The van der Waals surface area contributed by atoms with Gasteiger partial charge in [-0.15, -0.1) is 0 Å². The van der Waals surface area contributed by atoms with E-state index in [0.29, 0.717) is 24.2 Å². The SMILES string of the molecule is Cc1ccc(N)cc1C(=O)N1CCCC(C(=O)O)C1. The average molecular weight is 262 g/mol. The van der Waals surface area contributed by atoms with Crippen molar-refractivity contribution in [2.75, 3.05) is 18.8 Å². The van der Waals surface area contributed by atoms with E-state index >= 15 is 0 Å². The minimum Gasteiger partial charge on any atom is -0.481 e. The molecule has 0 bridgehead atoms. The molecule has 5 heteroatoms. The van der Waals surface area contributed by atoms with Gasteiger partial charge in [-0.3, -0.25) is 9.59 Å². The molecule has 1 aliphatic rings. The number of nitrogens with zero attached hydrogens (tertiary/aromatic N) is 1. The van der Waals surface area contributed by atoms with Crippen LogP contribution in [-0.2, 0) is 4.79 Å². The number of nitrogen functional groups attached to an aromatic ring is 1. The summed E-state index contributed by atoms with van der Waals surface area (Å²) in [6.07, 6.45) is 1.36. The van der Waals surface area contributed by atoms with E-state index in [9.17, 15) is 9.59 Å². The number of rotatable bonds is 2. The van der Waals surface area contributed by atoms with Gasteiger partial charge in [-0.1, -0.05) is 6.07 Å². The smallest absolute Gasteiger partial charge is 0.308 e. The molecular weight excluding hydrogens is 244 g/mol. The molecule has 1 aromatic rings. The van der Waals surface area contributed by atoms with E-state index < -0.39 is 11.9 Å². The van der Waals surface area contributed by atoms with Crippen LogP contribution in [0.5, 0.6) is 0 Å². The van der Waals surface area contributed by atoms with Crippen molar-refractivity contribution < 1.29 is 14.7 Å². The van der Waals surface area contributed by atoms with Crippen LogP contribution in [-0.4, -0.2) is 35.0 Å². The number of benzene rings is 1. The fourth-order valence-corrected chi connectivity index (χ4v) is 2.40. The quantitative estimate of drug-likeness (QED) is 0.791. The molecule has 1 saturated heterocycles. The number of nitrogens with two attached hydrogens (primary N) is 1. The van der Waals surface area contributed by atoms with E-state index in [0.717, 1.165) is 12.0 Å². The number of likely N-dealkylation sites (tertiary alicyclic amines) is 1. The molecule has 1 unspecified atom stereocenters. The third kappa shape index (κ3) is 2.86. The summed E-state index contributed by atoms with van der Waals surface area (Å²) in [6, 6.07) is 5.21. The van der Waals surface area contributed by atoms with E-state index in [4.69, 9.17) is 10.8 Å². The largest absolute Gasteiger partial charge is 0.481 e. The summed E-state index contributed by atoms with van der Waals surface area (Å²) in [6.45, 7) is 2.74. The maximum atomic E-state index is 12.4. The first-order valence-corrected chi connectivity index (χ1v) is 6.37. The Morgan fingerprint density at radius 3 is 2.84 bits per heavy atom. The molecule has 1 atom stereocenters. The molecule has 5 nitrogen and oxygen atoms in total. The highest BCUT2D eigenvalue weighted by atomic mass is 16.4. The maximum Gasteiger partial charge on any atom is 0.308 e. The number of hydrogen-bond acceptors (Lipinski definition) is 3. The summed E-state index contributed by atoms with van der Waals surface area (Å²) in [4.78, 5) is 25.1. The van der Waals surface area contributed by atoms with E-state index in [1.807, 2.05) is 6.92 Å². The van der Waals surface area contributed by atoms with Gasteiger partial charge in [-0.05, 0) is 37.5 Å². The summed E-state index contributed by atoms with van der Waals surface area (Å²) in [5.74, 6) is -1.42. The first-order chi connectivity index (χ1) is 8.99. The van der Waals surface area contributed by atoms with E-state index in [1.165, 1.54) is 0 Å². The summed E-state index contributed by atoms with van der Waals surface area (Å²) in [5.41, 5.74) is 7.67.